The van der Waals surface area contributed by atoms with E-state index in [1.807, 2.05) is 11.1 Å². The number of pyridine rings is 1. The van der Waals surface area contributed by atoms with E-state index in [4.69, 9.17) is 21.1 Å². The smallest absolute Gasteiger partial charge is 0.246 e. The van der Waals surface area contributed by atoms with Crippen LogP contribution in [0, 0.1) is 0 Å². The molecule has 8 nitrogen and oxygen atoms in total. The van der Waals surface area contributed by atoms with Gasteiger partial charge in [-0.15, -0.1) is 0 Å². The van der Waals surface area contributed by atoms with E-state index < -0.39 is 0 Å². The maximum Gasteiger partial charge on any atom is 0.246 e. The molecule has 0 aliphatic carbocycles. The summed E-state index contributed by atoms with van der Waals surface area (Å²) in [4.78, 5) is 23.1. The number of anilines is 3. The van der Waals surface area contributed by atoms with Crippen molar-refractivity contribution < 1.29 is 14.3 Å². The topological polar surface area (TPSA) is 70.2 Å². The highest BCUT2D eigenvalue weighted by Gasteiger charge is 2.36. The lowest BCUT2D eigenvalue weighted by Crippen LogP contribution is -2.61. The van der Waals surface area contributed by atoms with E-state index in [0.717, 1.165) is 88.1 Å². The van der Waals surface area contributed by atoms with E-state index in [2.05, 4.69) is 44.9 Å². The van der Waals surface area contributed by atoms with Gasteiger partial charge in [0, 0.05) is 44.1 Å². The molecule has 36 heavy (non-hydrogen) atoms. The lowest BCUT2D eigenvalue weighted by atomic mass is 9.88. The van der Waals surface area contributed by atoms with Crippen LogP contribution in [0.3, 0.4) is 0 Å². The number of carbonyl (C=O) groups excluding carboxylic acids is 1. The summed E-state index contributed by atoms with van der Waals surface area (Å²) >= 11 is 6.77. The highest BCUT2D eigenvalue weighted by molar-refractivity contribution is 6.32. The fourth-order valence-corrected chi connectivity index (χ4v) is 6.07. The first-order valence-electron chi connectivity index (χ1n) is 12.8. The van der Waals surface area contributed by atoms with Crippen LogP contribution in [0.4, 0.5) is 17.2 Å². The van der Waals surface area contributed by atoms with E-state index in [1.54, 1.807) is 0 Å². The van der Waals surface area contributed by atoms with Crippen molar-refractivity contribution in [1.29, 1.82) is 0 Å². The maximum atomic E-state index is 11.8. The molecule has 4 aliphatic heterocycles. The zero-order valence-corrected chi connectivity index (χ0v) is 21.2. The van der Waals surface area contributed by atoms with Crippen molar-refractivity contribution in [3.05, 3.63) is 53.2 Å². The molecule has 6 rings (SSSR count). The Morgan fingerprint density at radius 1 is 1.17 bits per heavy atom. The van der Waals surface area contributed by atoms with Gasteiger partial charge in [-0.25, -0.2) is 4.98 Å². The summed E-state index contributed by atoms with van der Waals surface area (Å²) in [5.74, 6) is 1.98. The average Bonchev–Trinajstić information content (AvgIpc) is 3.08. The summed E-state index contributed by atoms with van der Waals surface area (Å²) in [6, 6.07) is 6.78. The first-order valence-corrected chi connectivity index (χ1v) is 13.2. The van der Waals surface area contributed by atoms with Crippen LogP contribution in [0.5, 0.6) is 5.75 Å². The Hall–Kier alpha value is -2.81. The molecule has 9 heteroatoms. The molecule has 0 saturated carbocycles. The van der Waals surface area contributed by atoms with Crippen LogP contribution >= 0.6 is 11.6 Å². The normalized spacial score (nSPS) is 20.9. The van der Waals surface area contributed by atoms with Gasteiger partial charge in [-0.2, -0.15) is 0 Å². The monoisotopic (exact) mass is 509 g/mol. The van der Waals surface area contributed by atoms with E-state index in [1.165, 1.54) is 11.6 Å². The molecule has 1 amide bonds. The number of halogens is 1. The summed E-state index contributed by atoms with van der Waals surface area (Å²) < 4.78 is 11.8. The van der Waals surface area contributed by atoms with Crippen molar-refractivity contribution in [2.24, 2.45) is 0 Å². The number of fused-ring (bicyclic) bond motifs is 2. The summed E-state index contributed by atoms with van der Waals surface area (Å²) in [6.07, 6.45) is 5.39. The van der Waals surface area contributed by atoms with Crippen molar-refractivity contribution in [2.45, 2.75) is 31.4 Å². The largest absolute Gasteiger partial charge is 0.485 e. The summed E-state index contributed by atoms with van der Waals surface area (Å²) in [6.45, 7) is 10.8. The summed E-state index contributed by atoms with van der Waals surface area (Å²) in [7, 11) is 0. The number of rotatable bonds is 4. The standard InChI is InChI=1S/C27H32ClN5O3/c1-2-25(34)33-15-20(16-33)31-7-4-18(5-8-31)19-13-22(28)26-23(14-19)30-27-21(17-36-26)24(3-6-29-27)32-9-11-35-12-10-32/h2-3,6,13-14,18,20H,1,4-5,7-12,15-17H2,(H,29,30). The molecular formula is C27H32ClN5O3. The number of piperidine rings is 1. The van der Waals surface area contributed by atoms with Crippen molar-refractivity contribution >= 4 is 34.7 Å². The van der Waals surface area contributed by atoms with E-state index in [9.17, 15) is 4.79 Å². The number of hydrogen-bond donors (Lipinski definition) is 1. The summed E-state index contributed by atoms with van der Waals surface area (Å²) in [5.41, 5.74) is 4.30. The van der Waals surface area contributed by atoms with Crippen LogP contribution < -0.4 is 15.0 Å². The van der Waals surface area contributed by atoms with Gasteiger partial charge in [-0.05, 0) is 61.7 Å². The predicted molar refractivity (Wildman–Crippen MR) is 140 cm³/mol. The number of ether oxygens (including phenoxy) is 2. The van der Waals surface area contributed by atoms with Gasteiger partial charge in [-0.3, -0.25) is 9.69 Å². The van der Waals surface area contributed by atoms with Crippen molar-refractivity contribution in [2.75, 3.05) is 62.7 Å². The minimum absolute atomic E-state index is 0.0311. The average molecular weight is 510 g/mol. The Bertz CT molecular complexity index is 1150. The molecule has 5 heterocycles. The molecule has 0 atom stereocenters. The van der Waals surface area contributed by atoms with E-state index >= 15 is 0 Å². The van der Waals surface area contributed by atoms with Gasteiger partial charge in [0.25, 0.3) is 0 Å². The fourth-order valence-electron chi connectivity index (χ4n) is 5.79. The van der Waals surface area contributed by atoms with Crippen LogP contribution in [0.15, 0.2) is 37.1 Å². The first-order chi connectivity index (χ1) is 17.6. The van der Waals surface area contributed by atoms with Gasteiger partial charge >= 0.3 is 0 Å². The van der Waals surface area contributed by atoms with Gasteiger partial charge < -0.3 is 24.6 Å². The quantitative estimate of drug-likeness (QED) is 0.629. The molecular weight excluding hydrogens is 478 g/mol. The van der Waals surface area contributed by atoms with Crippen molar-refractivity contribution in [3.8, 4) is 5.75 Å². The maximum absolute atomic E-state index is 11.8. The minimum atomic E-state index is 0.0311. The van der Waals surface area contributed by atoms with Crippen molar-refractivity contribution in [1.82, 2.24) is 14.8 Å². The molecule has 3 saturated heterocycles. The second-order valence-electron chi connectivity index (χ2n) is 9.96. The van der Waals surface area contributed by atoms with Gasteiger partial charge in [0.1, 0.15) is 12.4 Å². The number of nitrogens with zero attached hydrogens (tertiary/aromatic N) is 4. The van der Waals surface area contributed by atoms with E-state index in [-0.39, 0.29) is 5.91 Å². The molecule has 0 unspecified atom stereocenters. The molecule has 2 aromatic rings. The molecule has 0 spiro atoms. The zero-order chi connectivity index (χ0) is 24.6. The van der Waals surface area contributed by atoms with Gasteiger partial charge in [0.05, 0.1) is 29.5 Å². The lowest BCUT2D eigenvalue weighted by Gasteiger charge is -2.47. The molecule has 4 aliphatic rings. The molecule has 1 aromatic carbocycles. The molecule has 1 N–H and O–H groups in total. The van der Waals surface area contributed by atoms with Crippen LogP contribution in [0.25, 0.3) is 0 Å². The Labute approximate surface area is 216 Å². The number of benzene rings is 1. The molecule has 1 aromatic heterocycles. The van der Waals surface area contributed by atoms with Gasteiger partial charge in [-0.1, -0.05) is 18.2 Å². The number of amides is 1. The van der Waals surface area contributed by atoms with Crippen LogP contribution in [-0.2, 0) is 16.1 Å². The van der Waals surface area contributed by atoms with E-state index in [0.29, 0.717) is 29.3 Å². The lowest BCUT2D eigenvalue weighted by molar-refractivity contribution is -0.133. The Morgan fingerprint density at radius 2 is 1.94 bits per heavy atom. The SMILES string of the molecule is C=CC(=O)N1CC(N2CCC(c3cc(Cl)c4c(c3)Nc3nccc(N5CCOCC5)c3CO4)CC2)C1. The highest BCUT2D eigenvalue weighted by atomic mass is 35.5. The first kappa shape index (κ1) is 23.6. The van der Waals surface area contributed by atoms with Crippen LogP contribution in [0.2, 0.25) is 5.02 Å². The third kappa shape index (κ3) is 4.42. The number of likely N-dealkylation sites (tertiary alicyclic amines) is 2. The Morgan fingerprint density at radius 3 is 2.69 bits per heavy atom. The second-order valence-corrected chi connectivity index (χ2v) is 10.4. The molecule has 3 fully saturated rings. The predicted octanol–water partition coefficient (Wildman–Crippen LogP) is 3.78. The second kappa shape index (κ2) is 9.92. The Balaban J connectivity index is 1.16. The number of aromatic nitrogens is 1. The third-order valence-electron chi connectivity index (χ3n) is 7.93. The number of nitrogens with one attached hydrogen (secondary N) is 1. The van der Waals surface area contributed by atoms with Gasteiger partial charge in [0.2, 0.25) is 5.91 Å². The highest BCUT2D eigenvalue weighted by Crippen LogP contribution is 2.44. The number of hydrogen-bond acceptors (Lipinski definition) is 7. The molecule has 0 radical (unpaired) electrons. The number of carbonyl (C=O) groups is 1. The Kier molecular flexibility index (Phi) is 6.50. The van der Waals surface area contributed by atoms with Crippen LogP contribution in [-0.4, -0.2) is 79.2 Å². The zero-order valence-electron chi connectivity index (χ0n) is 20.4. The fraction of sp³-hybridized carbons (Fsp3) is 0.481. The summed E-state index contributed by atoms with van der Waals surface area (Å²) in [5, 5.41) is 4.17. The third-order valence-corrected chi connectivity index (χ3v) is 8.21. The minimum Gasteiger partial charge on any atom is -0.485 e. The molecule has 190 valence electrons. The van der Waals surface area contributed by atoms with Crippen molar-refractivity contribution in [3.63, 3.8) is 0 Å². The van der Waals surface area contributed by atoms with Gasteiger partial charge in [0.15, 0.2) is 5.75 Å². The van der Waals surface area contributed by atoms with Crippen LogP contribution in [0.1, 0.15) is 29.9 Å². The number of morpholine rings is 1. The molecule has 0 bridgehead atoms.